The molecule has 1 aliphatic heterocycles. The first-order chi connectivity index (χ1) is 12.8. The van der Waals surface area contributed by atoms with Crippen LogP contribution in [0.2, 0.25) is 0 Å². The molecular weight excluding hydrogens is 343 g/mol. The molecule has 0 saturated heterocycles. The van der Waals surface area contributed by atoms with E-state index in [0.717, 1.165) is 28.8 Å². The molecule has 0 amide bonds. The number of nitrogens with two attached hydrogens (primary N) is 1. The summed E-state index contributed by atoms with van der Waals surface area (Å²) in [6.45, 7) is 0. The largest absolute Gasteiger partial charge is 0.378 e. The lowest BCUT2D eigenvalue weighted by atomic mass is 10.1. The Balaban J connectivity index is 1.87. The van der Waals surface area contributed by atoms with Gasteiger partial charge in [-0.05, 0) is 30.3 Å². The molecule has 1 atom stereocenters. The van der Waals surface area contributed by atoms with Gasteiger partial charge in [0.05, 0.1) is 6.21 Å². The number of aliphatic imine (C=N–C) groups is 1. The molecule has 2 aromatic rings. The van der Waals surface area contributed by atoms with Gasteiger partial charge in [0.15, 0.2) is 5.83 Å². The minimum Gasteiger partial charge on any atom is -0.378 e. The van der Waals surface area contributed by atoms with E-state index in [1.165, 1.54) is 0 Å². The average molecular weight is 368 g/mol. The van der Waals surface area contributed by atoms with Crippen LogP contribution in [0.5, 0.6) is 0 Å². The molecule has 0 fully saturated rings. The molecular formula is C20H25FN6. The number of allylic oxidation sites excluding steroid dienone is 1. The van der Waals surface area contributed by atoms with Gasteiger partial charge in [0, 0.05) is 50.8 Å². The third kappa shape index (κ3) is 4.03. The standard InChI is InChI=1S/C20H25FN6/c1-26(2)16-9-5-7-14(11-16)20(22)23-13-18(21)19(25-20)24-15-8-6-10-17(12-15)27(3)4/h5-13,24-25H,22H2,1-4H3. The van der Waals surface area contributed by atoms with Gasteiger partial charge in [-0.15, -0.1) is 0 Å². The summed E-state index contributed by atoms with van der Waals surface area (Å²) < 4.78 is 14.4. The van der Waals surface area contributed by atoms with Crippen LogP contribution in [0, 0.1) is 0 Å². The topological polar surface area (TPSA) is 68.9 Å². The van der Waals surface area contributed by atoms with Crippen molar-refractivity contribution in [2.45, 2.75) is 5.79 Å². The molecule has 142 valence electrons. The second-order valence-corrected chi connectivity index (χ2v) is 6.89. The van der Waals surface area contributed by atoms with Crippen molar-refractivity contribution in [3.8, 4) is 0 Å². The number of hydrogen-bond acceptors (Lipinski definition) is 6. The summed E-state index contributed by atoms with van der Waals surface area (Å²) in [6.07, 6.45) is 1.15. The van der Waals surface area contributed by atoms with Gasteiger partial charge in [-0.2, -0.15) is 0 Å². The van der Waals surface area contributed by atoms with E-state index in [4.69, 9.17) is 5.73 Å². The first-order valence-electron chi connectivity index (χ1n) is 8.63. The molecule has 27 heavy (non-hydrogen) atoms. The lowest BCUT2D eigenvalue weighted by Crippen LogP contribution is -2.51. The summed E-state index contributed by atoms with van der Waals surface area (Å²) in [6, 6.07) is 15.3. The van der Waals surface area contributed by atoms with Crippen molar-refractivity contribution in [3.05, 3.63) is 65.7 Å². The fourth-order valence-electron chi connectivity index (χ4n) is 2.77. The van der Waals surface area contributed by atoms with E-state index >= 15 is 0 Å². The minimum absolute atomic E-state index is 0.179. The number of nitrogens with zero attached hydrogens (tertiary/aromatic N) is 3. The SMILES string of the molecule is CN(C)c1cccc(NC2=C(F)C=NC(N)(c3cccc(N(C)C)c3)N2)c1. The van der Waals surface area contributed by atoms with Gasteiger partial charge in [0.2, 0.25) is 5.79 Å². The van der Waals surface area contributed by atoms with Crippen LogP contribution in [0.15, 0.2) is 65.2 Å². The molecule has 7 heteroatoms. The molecule has 0 saturated carbocycles. The molecule has 0 spiro atoms. The molecule has 1 unspecified atom stereocenters. The zero-order valence-electron chi connectivity index (χ0n) is 16.0. The Morgan fingerprint density at radius 1 is 1.00 bits per heavy atom. The van der Waals surface area contributed by atoms with Crippen molar-refractivity contribution in [2.24, 2.45) is 10.7 Å². The maximum atomic E-state index is 14.4. The quantitative estimate of drug-likeness (QED) is 0.757. The normalized spacial score (nSPS) is 18.9. The van der Waals surface area contributed by atoms with Crippen LogP contribution >= 0.6 is 0 Å². The fourth-order valence-corrected chi connectivity index (χ4v) is 2.77. The first-order valence-corrected chi connectivity index (χ1v) is 8.63. The summed E-state index contributed by atoms with van der Waals surface area (Å²) in [4.78, 5) is 8.14. The van der Waals surface area contributed by atoms with E-state index in [9.17, 15) is 4.39 Å². The third-order valence-corrected chi connectivity index (χ3v) is 4.37. The fraction of sp³-hybridized carbons (Fsp3) is 0.250. The zero-order valence-corrected chi connectivity index (χ0v) is 16.0. The minimum atomic E-state index is -1.26. The molecule has 0 aromatic heterocycles. The summed E-state index contributed by atoms with van der Waals surface area (Å²) in [5.41, 5.74) is 9.93. The molecule has 0 bridgehead atoms. The number of benzene rings is 2. The molecule has 2 aromatic carbocycles. The van der Waals surface area contributed by atoms with E-state index in [1.54, 1.807) is 0 Å². The highest BCUT2D eigenvalue weighted by molar-refractivity contribution is 5.80. The third-order valence-electron chi connectivity index (χ3n) is 4.37. The lowest BCUT2D eigenvalue weighted by molar-refractivity contribution is 0.387. The Labute approximate surface area is 159 Å². The van der Waals surface area contributed by atoms with Gasteiger partial charge in [-0.3, -0.25) is 5.73 Å². The van der Waals surface area contributed by atoms with Crippen molar-refractivity contribution in [1.82, 2.24) is 5.32 Å². The summed E-state index contributed by atoms with van der Waals surface area (Å²) >= 11 is 0. The van der Waals surface area contributed by atoms with Gasteiger partial charge in [-0.1, -0.05) is 18.2 Å². The van der Waals surface area contributed by atoms with Gasteiger partial charge >= 0.3 is 0 Å². The van der Waals surface area contributed by atoms with Crippen molar-refractivity contribution in [3.63, 3.8) is 0 Å². The predicted molar refractivity (Wildman–Crippen MR) is 111 cm³/mol. The molecule has 0 radical (unpaired) electrons. The average Bonchev–Trinajstić information content (AvgIpc) is 2.65. The van der Waals surface area contributed by atoms with Crippen LogP contribution in [0.3, 0.4) is 0 Å². The predicted octanol–water partition coefficient (Wildman–Crippen LogP) is 2.81. The van der Waals surface area contributed by atoms with Crippen molar-refractivity contribution >= 4 is 23.3 Å². The number of nitrogens with one attached hydrogen (secondary N) is 2. The Morgan fingerprint density at radius 3 is 2.30 bits per heavy atom. The Kier molecular flexibility index (Phi) is 5.05. The number of hydrogen-bond donors (Lipinski definition) is 3. The highest BCUT2D eigenvalue weighted by atomic mass is 19.1. The second-order valence-electron chi connectivity index (χ2n) is 6.89. The van der Waals surface area contributed by atoms with Gasteiger partial charge < -0.3 is 20.4 Å². The molecule has 3 rings (SSSR count). The van der Waals surface area contributed by atoms with Crippen LogP contribution in [-0.2, 0) is 5.79 Å². The first kappa shape index (κ1) is 18.7. The van der Waals surface area contributed by atoms with E-state index in [-0.39, 0.29) is 5.82 Å². The second kappa shape index (κ2) is 7.28. The Morgan fingerprint density at radius 2 is 1.63 bits per heavy atom. The maximum absolute atomic E-state index is 14.4. The number of anilines is 3. The van der Waals surface area contributed by atoms with Crippen molar-refractivity contribution in [1.29, 1.82) is 0 Å². The highest BCUT2D eigenvalue weighted by Crippen LogP contribution is 2.27. The molecule has 1 aliphatic rings. The lowest BCUT2D eigenvalue weighted by Gasteiger charge is -2.32. The van der Waals surface area contributed by atoms with Crippen LogP contribution in [-0.4, -0.2) is 34.4 Å². The maximum Gasteiger partial charge on any atom is 0.210 e. The van der Waals surface area contributed by atoms with Gasteiger partial charge in [-0.25, -0.2) is 9.38 Å². The van der Waals surface area contributed by atoms with Crippen LogP contribution in [0.25, 0.3) is 0 Å². The molecule has 0 aliphatic carbocycles. The molecule has 4 N–H and O–H groups in total. The van der Waals surface area contributed by atoms with Crippen LogP contribution < -0.4 is 26.2 Å². The van der Waals surface area contributed by atoms with Gasteiger partial charge in [0.1, 0.15) is 5.82 Å². The number of rotatable bonds is 5. The highest BCUT2D eigenvalue weighted by Gasteiger charge is 2.31. The molecule has 6 nitrogen and oxygen atoms in total. The van der Waals surface area contributed by atoms with E-state index < -0.39 is 11.6 Å². The van der Waals surface area contributed by atoms with Crippen molar-refractivity contribution in [2.75, 3.05) is 43.3 Å². The molecule has 1 heterocycles. The van der Waals surface area contributed by atoms with Crippen molar-refractivity contribution < 1.29 is 4.39 Å². The Hall–Kier alpha value is -3.06. The van der Waals surface area contributed by atoms with Crippen LogP contribution in [0.4, 0.5) is 21.5 Å². The summed E-state index contributed by atoms with van der Waals surface area (Å²) in [5.74, 6) is -1.59. The summed E-state index contributed by atoms with van der Waals surface area (Å²) in [7, 11) is 7.80. The monoisotopic (exact) mass is 368 g/mol. The Bertz CT molecular complexity index is 890. The van der Waals surface area contributed by atoms with E-state index in [0.29, 0.717) is 0 Å². The van der Waals surface area contributed by atoms with E-state index in [2.05, 4.69) is 15.6 Å². The summed E-state index contributed by atoms with van der Waals surface area (Å²) in [5, 5.41) is 6.07. The van der Waals surface area contributed by atoms with E-state index in [1.807, 2.05) is 86.5 Å². The van der Waals surface area contributed by atoms with Gasteiger partial charge in [0.25, 0.3) is 0 Å². The van der Waals surface area contributed by atoms with Crippen LogP contribution in [0.1, 0.15) is 5.56 Å². The number of halogens is 1. The smallest absolute Gasteiger partial charge is 0.210 e. The zero-order chi connectivity index (χ0) is 19.6.